The monoisotopic (exact) mass is 208 g/mol. The second-order valence-corrected chi connectivity index (χ2v) is 3.69. The van der Waals surface area contributed by atoms with Crippen molar-refractivity contribution in [3.05, 3.63) is 30.1 Å². The van der Waals surface area contributed by atoms with Gasteiger partial charge in [0.05, 0.1) is 5.92 Å². The highest BCUT2D eigenvalue weighted by Crippen LogP contribution is 2.13. The number of nitrogens with one attached hydrogen (secondary N) is 2. The number of anilines is 1. The molecule has 1 saturated heterocycles. The van der Waals surface area contributed by atoms with Crippen molar-refractivity contribution in [1.29, 1.82) is 0 Å². The van der Waals surface area contributed by atoms with E-state index in [1.165, 1.54) is 12.1 Å². The lowest BCUT2D eigenvalue weighted by molar-refractivity contribution is -0.119. The van der Waals surface area contributed by atoms with Gasteiger partial charge >= 0.3 is 0 Å². The van der Waals surface area contributed by atoms with Crippen LogP contribution in [-0.4, -0.2) is 19.0 Å². The van der Waals surface area contributed by atoms with E-state index < -0.39 is 0 Å². The minimum Gasteiger partial charge on any atom is -0.326 e. The average Bonchev–Trinajstić information content (AvgIpc) is 2.74. The zero-order valence-electron chi connectivity index (χ0n) is 8.29. The largest absolute Gasteiger partial charge is 0.326 e. The zero-order valence-corrected chi connectivity index (χ0v) is 8.29. The summed E-state index contributed by atoms with van der Waals surface area (Å²) >= 11 is 0. The lowest BCUT2D eigenvalue weighted by Crippen LogP contribution is -2.24. The van der Waals surface area contributed by atoms with Gasteiger partial charge < -0.3 is 10.6 Å². The van der Waals surface area contributed by atoms with E-state index in [9.17, 15) is 9.18 Å². The maximum Gasteiger partial charge on any atom is 0.228 e. The molecule has 2 rings (SSSR count). The third-order valence-electron chi connectivity index (χ3n) is 2.54. The summed E-state index contributed by atoms with van der Waals surface area (Å²) in [5.41, 5.74) is 0.647. The molecule has 4 heteroatoms. The molecule has 0 aromatic heterocycles. The van der Waals surface area contributed by atoms with Gasteiger partial charge in [-0.05, 0) is 37.2 Å². The standard InChI is InChI=1S/C11H13FN2O/c12-9-1-3-10(4-2-9)14-11(15)8-5-6-13-7-8/h1-4,8,13H,5-7H2,(H,14,15). The Bertz CT molecular complexity index is 344. The minimum atomic E-state index is -0.296. The van der Waals surface area contributed by atoms with E-state index in [-0.39, 0.29) is 17.6 Å². The normalized spacial score (nSPS) is 20.2. The maximum absolute atomic E-state index is 12.6. The Kier molecular flexibility index (Phi) is 2.97. The number of hydrogen-bond donors (Lipinski definition) is 2. The molecule has 0 aliphatic carbocycles. The second-order valence-electron chi connectivity index (χ2n) is 3.69. The van der Waals surface area contributed by atoms with Crippen molar-refractivity contribution in [3.8, 4) is 0 Å². The van der Waals surface area contributed by atoms with Crippen LogP contribution in [0.25, 0.3) is 0 Å². The maximum atomic E-state index is 12.6. The van der Waals surface area contributed by atoms with Crippen LogP contribution in [0.1, 0.15) is 6.42 Å². The number of rotatable bonds is 2. The lowest BCUT2D eigenvalue weighted by atomic mass is 10.1. The van der Waals surface area contributed by atoms with Gasteiger partial charge in [0.2, 0.25) is 5.91 Å². The summed E-state index contributed by atoms with van der Waals surface area (Å²) in [4.78, 5) is 11.7. The van der Waals surface area contributed by atoms with E-state index in [4.69, 9.17) is 0 Å². The first-order chi connectivity index (χ1) is 7.25. The summed E-state index contributed by atoms with van der Waals surface area (Å²) in [5, 5.41) is 5.89. The number of carbonyl (C=O) groups is 1. The molecule has 15 heavy (non-hydrogen) atoms. The van der Waals surface area contributed by atoms with E-state index >= 15 is 0 Å². The number of carbonyl (C=O) groups excluding carboxylic acids is 1. The molecule has 0 saturated carbocycles. The van der Waals surface area contributed by atoms with Crippen LogP contribution in [0.2, 0.25) is 0 Å². The summed E-state index contributed by atoms with van der Waals surface area (Å²) in [6.45, 7) is 1.62. The van der Waals surface area contributed by atoms with E-state index in [0.29, 0.717) is 5.69 Å². The quantitative estimate of drug-likeness (QED) is 0.770. The molecule has 1 aliphatic heterocycles. The molecule has 1 unspecified atom stereocenters. The fourth-order valence-electron chi connectivity index (χ4n) is 1.66. The average molecular weight is 208 g/mol. The smallest absolute Gasteiger partial charge is 0.228 e. The van der Waals surface area contributed by atoms with Crippen LogP contribution in [0.3, 0.4) is 0 Å². The van der Waals surface area contributed by atoms with Crippen molar-refractivity contribution in [1.82, 2.24) is 5.32 Å². The van der Waals surface area contributed by atoms with E-state index in [0.717, 1.165) is 19.5 Å². The molecule has 1 fully saturated rings. The topological polar surface area (TPSA) is 41.1 Å². The van der Waals surface area contributed by atoms with Gasteiger partial charge in [-0.3, -0.25) is 4.79 Å². The first-order valence-corrected chi connectivity index (χ1v) is 5.03. The highest BCUT2D eigenvalue weighted by atomic mass is 19.1. The molecule has 1 aliphatic rings. The Balaban J connectivity index is 1.96. The molecule has 0 bridgehead atoms. The first-order valence-electron chi connectivity index (χ1n) is 5.03. The molecular formula is C11H13FN2O. The molecule has 1 aromatic carbocycles. The molecule has 1 atom stereocenters. The zero-order chi connectivity index (χ0) is 10.7. The Morgan fingerprint density at radius 1 is 1.40 bits per heavy atom. The summed E-state index contributed by atoms with van der Waals surface area (Å²) in [6, 6.07) is 5.80. The van der Waals surface area contributed by atoms with Crippen molar-refractivity contribution >= 4 is 11.6 Å². The van der Waals surface area contributed by atoms with Crippen LogP contribution in [0, 0.1) is 11.7 Å². The second kappa shape index (κ2) is 4.40. The number of hydrogen-bond acceptors (Lipinski definition) is 2. The number of halogens is 1. The lowest BCUT2D eigenvalue weighted by Gasteiger charge is -2.09. The van der Waals surface area contributed by atoms with Gasteiger partial charge in [-0.25, -0.2) is 4.39 Å². The summed E-state index contributed by atoms with van der Waals surface area (Å²) in [5.74, 6) is -0.253. The van der Waals surface area contributed by atoms with Crippen LogP contribution in [0.15, 0.2) is 24.3 Å². The SMILES string of the molecule is O=C(Nc1ccc(F)cc1)C1CCNC1. The van der Waals surface area contributed by atoms with Crippen LogP contribution >= 0.6 is 0 Å². The molecule has 1 amide bonds. The highest BCUT2D eigenvalue weighted by molar-refractivity contribution is 5.92. The summed E-state index contributed by atoms with van der Waals surface area (Å²) in [7, 11) is 0. The number of amides is 1. The van der Waals surface area contributed by atoms with Gasteiger partial charge in [0, 0.05) is 12.2 Å². The molecule has 80 valence electrons. The molecular weight excluding hydrogens is 195 g/mol. The molecule has 0 radical (unpaired) electrons. The van der Waals surface area contributed by atoms with E-state index in [1.807, 2.05) is 0 Å². The first kappa shape index (κ1) is 10.1. The summed E-state index contributed by atoms with van der Waals surface area (Å²) in [6.07, 6.45) is 0.868. The molecule has 1 heterocycles. The van der Waals surface area contributed by atoms with Crippen LogP contribution in [-0.2, 0) is 4.79 Å². The Morgan fingerprint density at radius 3 is 2.73 bits per heavy atom. The summed E-state index contributed by atoms with van der Waals surface area (Å²) < 4.78 is 12.6. The predicted octanol–water partition coefficient (Wildman–Crippen LogP) is 1.37. The molecule has 3 nitrogen and oxygen atoms in total. The Hall–Kier alpha value is -1.42. The third kappa shape index (κ3) is 2.53. The minimum absolute atomic E-state index is 0.00612. The van der Waals surface area contributed by atoms with Gasteiger partial charge in [-0.1, -0.05) is 0 Å². The molecule has 1 aromatic rings. The van der Waals surface area contributed by atoms with Crippen LogP contribution < -0.4 is 10.6 Å². The Labute approximate surface area is 87.7 Å². The van der Waals surface area contributed by atoms with Gasteiger partial charge in [-0.2, -0.15) is 0 Å². The van der Waals surface area contributed by atoms with E-state index in [1.54, 1.807) is 12.1 Å². The van der Waals surface area contributed by atoms with Crippen molar-refractivity contribution in [2.75, 3.05) is 18.4 Å². The predicted molar refractivity (Wildman–Crippen MR) is 56.0 cm³/mol. The van der Waals surface area contributed by atoms with Gasteiger partial charge in [0.25, 0.3) is 0 Å². The van der Waals surface area contributed by atoms with Crippen molar-refractivity contribution in [3.63, 3.8) is 0 Å². The molecule has 2 N–H and O–H groups in total. The third-order valence-corrected chi connectivity index (χ3v) is 2.54. The van der Waals surface area contributed by atoms with Gasteiger partial charge in [0.15, 0.2) is 0 Å². The van der Waals surface area contributed by atoms with Gasteiger partial charge in [0.1, 0.15) is 5.82 Å². The molecule has 0 spiro atoms. The van der Waals surface area contributed by atoms with E-state index in [2.05, 4.69) is 10.6 Å². The van der Waals surface area contributed by atoms with Crippen molar-refractivity contribution in [2.45, 2.75) is 6.42 Å². The Morgan fingerprint density at radius 2 is 2.13 bits per heavy atom. The van der Waals surface area contributed by atoms with Crippen LogP contribution in [0.5, 0.6) is 0 Å². The van der Waals surface area contributed by atoms with Crippen LogP contribution in [0.4, 0.5) is 10.1 Å². The number of benzene rings is 1. The highest BCUT2D eigenvalue weighted by Gasteiger charge is 2.22. The van der Waals surface area contributed by atoms with Gasteiger partial charge in [-0.15, -0.1) is 0 Å². The fourth-order valence-corrected chi connectivity index (χ4v) is 1.66. The van der Waals surface area contributed by atoms with Crippen molar-refractivity contribution < 1.29 is 9.18 Å². The van der Waals surface area contributed by atoms with Crippen molar-refractivity contribution in [2.24, 2.45) is 5.92 Å². The fraction of sp³-hybridized carbons (Fsp3) is 0.364.